The first kappa shape index (κ1) is 13.1. The maximum absolute atomic E-state index is 11.5. The number of rotatable bonds is 7. The van der Waals surface area contributed by atoms with Crippen LogP contribution in [-0.2, 0) is 18.1 Å². The highest BCUT2D eigenvalue weighted by atomic mass is 31.2. The number of aliphatic hydroxyl groups excluding tert-OH is 1. The summed E-state index contributed by atoms with van der Waals surface area (Å²) in [5, 5.41) is 8.89. The van der Waals surface area contributed by atoms with Crippen LogP contribution in [0.1, 0.15) is 20.8 Å². The SMILES string of the molecule is CCOP(=O)(OCC)OCC(C)O. The number of phosphoric acid groups is 1. The van der Waals surface area contributed by atoms with E-state index >= 15 is 0 Å². The molecule has 5 nitrogen and oxygen atoms in total. The van der Waals surface area contributed by atoms with Gasteiger partial charge in [0.1, 0.15) is 0 Å². The highest BCUT2D eigenvalue weighted by Gasteiger charge is 2.25. The van der Waals surface area contributed by atoms with Crippen LogP contribution in [0.5, 0.6) is 0 Å². The lowest BCUT2D eigenvalue weighted by Crippen LogP contribution is -2.11. The van der Waals surface area contributed by atoms with Crippen LogP contribution in [-0.4, -0.2) is 31.0 Å². The molecule has 0 aliphatic carbocycles. The minimum Gasteiger partial charge on any atom is -0.391 e. The van der Waals surface area contributed by atoms with Crippen LogP contribution >= 0.6 is 7.82 Å². The Morgan fingerprint density at radius 2 is 1.69 bits per heavy atom. The molecule has 0 saturated carbocycles. The summed E-state index contributed by atoms with van der Waals surface area (Å²) >= 11 is 0. The number of aliphatic hydroxyl groups is 1. The smallest absolute Gasteiger partial charge is 0.391 e. The molecule has 0 bridgehead atoms. The molecule has 0 saturated heterocycles. The van der Waals surface area contributed by atoms with Gasteiger partial charge in [0, 0.05) is 0 Å². The molecule has 1 unspecified atom stereocenters. The Hall–Kier alpha value is 0.0700. The lowest BCUT2D eigenvalue weighted by atomic mass is 10.5. The van der Waals surface area contributed by atoms with Crippen molar-refractivity contribution in [3.63, 3.8) is 0 Å². The predicted octanol–water partition coefficient (Wildman–Crippen LogP) is 1.56. The normalized spacial score (nSPS) is 14.5. The van der Waals surface area contributed by atoms with E-state index in [4.69, 9.17) is 18.7 Å². The lowest BCUT2D eigenvalue weighted by molar-refractivity contribution is 0.0707. The Labute approximate surface area is 78.6 Å². The van der Waals surface area contributed by atoms with E-state index < -0.39 is 13.9 Å². The van der Waals surface area contributed by atoms with Gasteiger partial charge in [-0.1, -0.05) is 0 Å². The van der Waals surface area contributed by atoms with Gasteiger partial charge < -0.3 is 5.11 Å². The van der Waals surface area contributed by atoms with E-state index in [0.29, 0.717) is 0 Å². The summed E-state index contributed by atoms with van der Waals surface area (Å²) in [4.78, 5) is 0. The Kier molecular flexibility index (Phi) is 6.55. The zero-order valence-corrected chi connectivity index (χ0v) is 9.12. The fraction of sp³-hybridized carbons (Fsp3) is 1.00. The topological polar surface area (TPSA) is 65.0 Å². The second kappa shape index (κ2) is 6.51. The molecule has 0 rings (SSSR count). The monoisotopic (exact) mass is 212 g/mol. The number of hydrogen-bond acceptors (Lipinski definition) is 5. The molecule has 0 spiro atoms. The summed E-state index contributed by atoms with van der Waals surface area (Å²) in [6.07, 6.45) is -0.686. The first-order valence-corrected chi connectivity index (χ1v) is 5.71. The van der Waals surface area contributed by atoms with Gasteiger partial charge in [0.05, 0.1) is 25.9 Å². The van der Waals surface area contributed by atoms with Crippen LogP contribution in [0, 0.1) is 0 Å². The van der Waals surface area contributed by atoms with Gasteiger partial charge in [0.15, 0.2) is 0 Å². The minimum absolute atomic E-state index is 0.0583. The van der Waals surface area contributed by atoms with Gasteiger partial charge in [-0.15, -0.1) is 0 Å². The zero-order valence-electron chi connectivity index (χ0n) is 8.23. The highest BCUT2D eigenvalue weighted by molar-refractivity contribution is 7.48. The van der Waals surface area contributed by atoms with Crippen molar-refractivity contribution in [1.29, 1.82) is 0 Å². The van der Waals surface area contributed by atoms with Gasteiger partial charge in [-0.2, -0.15) is 0 Å². The molecule has 0 aromatic rings. The van der Waals surface area contributed by atoms with E-state index in [0.717, 1.165) is 0 Å². The third kappa shape index (κ3) is 6.18. The number of hydrogen-bond donors (Lipinski definition) is 1. The van der Waals surface area contributed by atoms with Gasteiger partial charge in [-0.25, -0.2) is 4.57 Å². The van der Waals surface area contributed by atoms with Crippen LogP contribution in [0.15, 0.2) is 0 Å². The van der Waals surface area contributed by atoms with Gasteiger partial charge >= 0.3 is 7.82 Å². The van der Waals surface area contributed by atoms with E-state index in [2.05, 4.69) is 0 Å². The summed E-state index contributed by atoms with van der Waals surface area (Å²) in [5.41, 5.74) is 0. The first-order chi connectivity index (χ1) is 6.04. The van der Waals surface area contributed by atoms with Crippen molar-refractivity contribution < 1.29 is 23.2 Å². The van der Waals surface area contributed by atoms with Gasteiger partial charge in [0.2, 0.25) is 0 Å². The minimum atomic E-state index is -3.43. The van der Waals surface area contributed by atoms with Crippen LogP contribution in [0.25, 0.3) is 0 Å². The van der Waals surface area contributed by atoms with Crippen LogP contribution < -0.4 is 0 Å². The van der Waals surface area contributed by atoms with E-state index in [1.807, 2.05) is 0 Å². The summed E-state index contributed by atoms with van der Waals surface area (Å²) in [7, 11) is -3.43. The lowest BCUT2D eigenvalue weighted by Gasteiger charge is -2.16. The summed E-state index contributed by atoms with van der Waals surface area (Å²) in [6.45, 7) is 5.35. The summed E-state index contributed by atoms with van der Waals surface area (Å²) in [5.74, 6) is 0. The van der Waals surface area contributed by atoms with Crippen LogP contribution in [0.2, 0.25) is 0 Å². The van der Waals surface area contributed by atoms with Crippen molar-refractivity contribution in [3.8, 4) is 0 Å². The van der Waals surface area contributed by atoms with Crippen molar-refractivity contribution in [3.05, 3.63) is 0 Å². The van der Waals surface area contributed by atoms with Crippen molar-refractivity contribution >= 4 is 7.82 Å². The molecular formula is C7H17O5P. The predicted molar refractivity (Wildman–Crippen MR) is 48.5 cm³/mol. The molecule has 0 aliphatic heterocycles. The molecule has 1 N–H and O–H groups in total. The summed E-state index contributed by atoms with van der Waals surface area (Å²) < 4.78 is 26.0. The standard InChI is InChI=1S/C7H17O5P/c1-4-10-13(9,11-5-2)12-6-7(3)8/h7-8H,4-6H2,1-3H3. The maximum Gasteiger partial charge on any atom is 0.474 e. The van der Waals surface area contributed by atoms with Crippen molar-refractivity contribution in [2.75, 3.05) is 19.8 Å². The van der Waals surface area contributed by atoms with Crippen molar-refractivity contribution in [2.24, 2.45) is 0 Å². The Morgan fingerprint density at radius 1 is 1.23 bits per heavy atom. The molecular weight excluding hydrogens is 195 g/mol. The summed E-state index contributed by atoms with van der Waals surface area (Å²) in [6, 6.07) is 0. The average molecular weight is 212 g/mol. The van der Waals surface area contributed by atoms with E-state index in [1.165, 1.54) is 6.92 Å². The second-order valence-electron chi connectivity index (χ2n) is 2.43. The molecule has 0 amide bonds. The largest absolute Gasteiger partial charge is 0.474 e. The van der Waals surface area contributed by atoms with Gasteiger partial charge in [0.25, 0.3) is 0 Å². The highest BCUT2D eigenvalue weighted by Crippen LogP contribution is 2.49. The molecule has 0 radical (unpaired) electrons. The van der Waals surface area contributed by atoms with Crippen molar-refractivity contribution in [2.45, 2.75) is 26.9 Å². The average Bonchev–Trinajstić information content (AvgIpc) is 2.02. The molecule has 0 aliphatic rings. The van der Waals surface area contributed by atoms with Gasteiger partial charge in [-0.05, 0) is 20.8 Å². The zero-order chi connectivity index (χ0) is 10.3. The molecule has 1 atom stereocenters. The van der Waals surface area contributed by atoms with Crippen LogP contribution in [0.3, 0.4) is 0 Å². The molecule has 0 aromatic heterocycles. The van der Waals surface area contributed by atoms with E-state index in [9.17, 15) is 4.57 Å². The molecule has 6 heteroatoms. The Bertz CT molecular complexity index is 160. The van der Waals surface area contributed by atoms with Gasteiger partial charge in [-0.3, -0.25) is 13.6 Å². The quantitative estimate of drug-likeness (QED) is 0.649. The fourth-order valence-corrected chi connectivity index (χ4v) is 1.88. The van der Waals surface area contributed by atoms with E-state index in [-0.39, 0.29) is 19.8 Å². The van der Waals surface area contributed by atoms with Crippen molar-refractivity contribution in [1.82, 2.24) is 0 Å². The molecule has 80 valence electrons. The van der Waals surface area contributed by atoms with E-state index in [1.54, 1.807) is 13.8 Å². The Balaban J connectivity index is 3.99. The molecule has 0 heterocycles. The molecule has 0 fully saturated rings. The third-order valence-corrected chi connectivity index (χ3v) is 2.66. The van der Waals surface area contributed by atoms with Crippen LogP contribution in [0.4, 0.5) is 0 Å². The maximum atomic E-state index is 11.5. The Morgan fingerprint density at radius 3 is 2.00 bits per heavy atom. The first-order valence-electron chi connectivity index (χ1n) is 4.25. The molecule has 0 aromatic carbocycles. The fourth-order valence-electron chi connectivity index (χ4n) is 0.627. The second-order valence-corrected chi connectivity index (χ2v) is 4.10. The third-order valence-electron chi connectivity index (χ3n) is 1.05. The molecule has 13 heavy (non-hydrogen) atoms. The number of phosphoric ester groups is 1.